The molecule has 0 bridgehead atoms. The Balaban J connectivity index is 1.26. The predicted molar refractivity (Wildman–Crippen MR) is 159 cm³/mol. The first-order valence-electron chi connectivity index (χ1n) is 12.7. The van der Waals surface area contributed by atoms with Crippen molar-refractivity contribution >= 4 is 62.2 Å². The second-order valence-corrected chi connectivity index (χ2v) is 10.2. The average molecular weight is 585 g/mol. The number of carbonyl (C=O) groups excluding carboxylic acids is 3. The van der Waals surface area contributed by atoms with E-state index in [1.165, 1.54) is 29.2 Å². The minimum atomic E-state index is -0.851. The van der Waals surface area contributed by atoms with Crippen LogP contribution in [0.5, 0.6) is 5.75 Å². The Hall–Kier alpha value is -5.36. The van der Waals surface area contributed by atoms with E-state index in [1.807, 2.05) is 24.3 Å². The van der Waals surface area contributed by atoms with Gasteiger partial charge in [0.05, 0.1) is 5.52 Å². The number of nitrogens with zero attached hydrogens (tertiary/aromatic N) is 3. The number of ketones is 1. The van der Waals surface area contributed by atoms with E-state index in [-0.39, 0.29) is 28.3 Å². The van der Waals surface area contributed by atoms with Crippen molar-refractivity contribution in [1.82, 2.24) is 9.97 Å². The molecule has 10 nitrogen and oxygen atoms in total. The Bertz CT molecular complexity index is 1780. The quantitative estimate of drug-likeness (QED) is 0.200. The highest BCUT2D eigenvalue weighted by molar-refractivity contribution is 7.18. The van der Waals surface area contributed by atoms with Gasteiger partial charge in [-0.15, -0.1) is 0 Å². The van der Waals surface area contributed by atoms with E-state index in [9.17, 15) is 18.8 Å². The maximum absolute atomic E-state index is 13.5. The topological polar surface area (TPSA) is 154 Å². The molecule has 0 fully saturated rings. The second kappa shape index (κ2) is 12.0. The molecule has 42 heavy (non-hydrogen) atoms. The average Bonchev–Trinajstić information content (AvgIpc) is 3.37. The van der Waals surface area contributed by atoms with Crippen LogP contribution in [-0.4, -0.2) is 40.2 Å². The van der Waals surface area contributed by atoms with Gasteiger partial charge in [0.15, 0.2) is 11.7 Å². The number of nitrogens with two attached hydrogens (primary N) is 2. The van der Waals surface area contributed by atoms with E-state index in [0.717, 1.165) is 22.2 Å². The Labute approximate surface area is 243 Å². The third kappa shape index (κ3) is 6.18. The van der Waals surface area contributed by atoms with Gasteiger partial charge in [-0.05, 0) is 79.7 Å². The number of hydrogen-bond donors (Lipinski definition) is 3. The number of pyridine rings is 1. The zero-order chi connectivity index (χ0) is 29.8. The molecular weight excluding hydrogens is 559 g/mol. The number of benzene rings is 3. The summed E-state index contributed by atoms with van der Waals surface area (Å²) in [5.74, 6) is -1.46. The monoisotopic (exact) mass is 584 g/mol. The van der Waals surface area contributed by atoms with Crippen LogP contribution in [-0.2, 0) is 9.59 Å². The molecule has 5 aromatic rings. The number of ether oxygens (including phenoxy) is 1. The van der Waals surface area contributed by atoms with Crippen LogP contribution in [0.15, 0.2) is 85.1 Å². The zero-order valence-electron chi connectivity index (χ0n) is 22.3. The number of anilines is 4. The molecular formula is C30H25FN6O4S. The summed E-state index contributed by atoms with van der Waals surface area (Å²) >= 11 is 0.986. The van der Waals surface area contributed by atoms with Gasteiger partial charge in [0.2, 0.25) is 11.7 Å². The first kappa shape index (κ1) is 28.2. The molecule has 212 valence electrons. The lowest BCUT2D eigenvalue weighted by atomic mass is 10.1. The summed E-state index contributed by atoms with van der Waals surface area (Å²) in [6.45, 7) is 1.34. The minimum Gasteiger partial charge on any atom is -0.484 e. The molecule has 5 N–H and O–H groups in total. The van der Waals surface area contributed by atoms with E-state index in [0.29, 0.717) is 22.7 Å². The van der Waals surface area contributed by atoms with Gasteiger partial charge in [-0.2, -0.15) is 0 Å². The Morgan fingerprint density at radius 2 is 1.79 bits per heavy atom. The normalized spacial score (nSPS) is 11.6. The van der Waals surface area contributed by atoms with Crippen LogP contribution < -0.4 is 26.4 Å². The van der Waals surface area contributed by atoms with E-state index < -0.39 is 23.5 Å². The summed E-state index contributed by atoms with van der Waals surface area (Å²) in [7, 11) is 0. The summed E-state index contributed by atoms with van der Waals surface area (Å²) < 4.78 is 19.1. The number of nitrogen functional groups attached to an aromatic ring is 1. The fraction of sp³-hybridized carbons (Fsp3) is 0.100. The van der Waals surface area contributed by atoms with Crippen LogP contribution in [0.1, 0.15) is 22.2 Å². The van der Waals surface area contributed by atoms with Crippen molar-refractivity contribution in [3.05, 3.63) is 101 Å². The molecule has 0 aliphatic heterocycles. The second-order valence-electron chi connectivity index (χ2n) is 9.24. The molecule has 2 amide bonds. The molecule has 0 aliphatic carbocycles. The molecule has 0 unspecified atom stereocenters. The SMILES string of the molecule is C[C@H](C(N)=O)N(c1ccc(F)cc1)c1nc(N)c(C(=O)c2ccc(OCC(=O)Nc3ccc4ncccc4c3)cc2)s1. The third-order valence-electron chi connectivity index (χ3n) is 6.33. The van der Waals surface area contributed by atoms with E-state index in [4.69, 9.17) is 16.2 Å². The molecule has 1 atom stereocenters. The number of nitrogens with one attached hydrogen (secondary N) is 1. The Kier molecular flexibility index (Phi) is 8.07. The molecule has 3 aromatic carbocycles. The number of halogens is 1. The van der Waals surface area contributed by atoms with Crippen molar-refractivity contribution in [2.75, 3.05) is 22.6 Å². The molecule has 2 aromatic heterocycles. The number of primary amides is 1. The van der Waals surface area contributed by atoms with E-state index >= 15 is 0 Å². The van der Waals surface area contributed by atoms with Gasteiger partial charge in [0.1, 0.15) is 28.3 Å². The van der Waals surface area contributed by atoms with Crippen molar-refractivity contribution in [3.8, 4) is 5.75 Å². The summed E-state index contributed by atoms with van der Waals surface area (Å²) in [5.41, 5.74) is 13.9. The van der Waals surface area contributed by atoms with Crippen LogP contribution in [0.3, 0.4) is 0 Å². The highest BCUT2D eigenvalue weighted by atomic mass is 32.1. The van der Waals surface area contributed by atoms with E-state index in [1.54, 1.807) is 43.5 Å². The van der Waals surface area contributed by atoms with Crippen LogP contribution in [0.4, 0.5) is 26.7 Å². The summed E-state index contributed by atoms with van der Waals surface area (Å²) in [5, 5.41) is 3.94. The first-order valence-corrected chi connectivity index (χ1v) is 13.5. The Morgan fingerprint density at radius 3 is 2.50 bits per heavy atom. The molecule has 0 radical (unpaired) electrons. The molecule has 2 heterocycles. The number of thiazole rings is 1. The van der Waals surface area contributed by atoms with Crippen LogP contribution in [0.2, 0.25) is 0 Å². The number of carbonyl (C=O) groups is 3. The molecule has 0 saturated heterocycles. The maximum Gasteiger partial charge on any atom is 0.262 e. The minimum absolute atomic E-state index is 0.0229. The largest absolute Gasteiger partial charge is 0.484 e. The number of amides is 2. The first-order chi connectivity index (χ1) is 20.2. The molecule has 5 rings (SSSR count). The van der Waals surface area contributed by atoms with Gasteiger partial charge in [0, 0.05) is 28.5 Å². The van der Waals surface area contributed by atoms with Crippen LogP contribution in [0.25, 0.3) is 10.9 Å². The molecule has 0 aliphatic rings. The zero-order valence-corrected chi connectivity index (χ0v) is 23.1. The number of aromatic nitrogens is 2. The highest BCUT2D eigenvalue weighted by Gasteiger charge is 2.27. The van der Waals surface area contributed by atoms with Gasteiger partial charge in [-0.1, -0.05) is 17.4 Å². The molecule has 12 heteroatoms. The number of fused-ring (bicyclic) bond motifs is 1. The Morgan fingerprint density at radius 1 is 1.05 bits per heavy atom. The van der Waals surface area contributed by atoms with Gasteiger partial charge >= 0.3 is 0 Å². The van der Waals surface area contributed by atoms with Gasteiger partial charge < -0.3 is 26.4 Å². The summed E-state index contributed by atoms with van der Waals surface area (Å²) in [4.78, 5) is 47.9. The van der Waals surface area contributed by atoms with Crippen molar-refractivity contribution in [2.45, 2.75) is 13.0 Å². The van der Waals surface area contributed by atoms with E-state index in [2.05, 4.69) is 15.3 Å². The number of rotatable bonds is 10. The lowest BCUT2D eigenvalue weighted by Crippen LogP contribution is -2.39. The predicted octanol–water partition coefficient (Wildman–Crippen LogP) is 4.67. The lowest BCUT2D eigenvalue weighted by molar-refractivity contribution is -0.119. The van der Waals surface area contributed by atoms with Crippen molar-refractivity contribution in [2.24, 2.45) is 5.73 Å². The number of hydrogen-bond acceptors (Lipinski definition) is 9. The smallest absolute Gasteiger partial charge is 0.262 e. The fourth-order valence-corrected chi connectivity index (χ4v) is 5.20. The maximum atomic E-state index is 13.5. The van der Waals surface area contributed by atoms with Crippen molar-refractivity contribution < 1.29 is 23.5 Å². The van der Waals surface area contributed by atoms with Gasteiger partial charge in [-0.25, -0.2) is 9.37 Å². The summed E-state index contributed by atoms with van der Waals surface area (Å²) in [6, 6.07) is 20.0. The highest BCUT2D eigenvalue weighted by Crippen LogP contribution is 2.36. The lowest BCUT2D eigenvalue weighted by Gasteiger charge is -2.26. The summed E-state index contributed by atoms with van der Waals surface area (Å²) in [6.07, 6.45) is 1.70. The fourth-order valence-electron chi connectivity index (χ4n) is 4.15. The van der Waals surface area contributed by atoms with Crippen molar-refractivity contribution in [1.29, 1.82) is 0 Å². The van der Waals surface area contributed by atoms with Gasteiger partial charge in [-0.3, -0.25) is 19.4 Å². The van der Waals surface area contributed by atoms with Gasteiger partial charge in [0.25, 0.3) is 5.91 Å². The third-order valence-corrected chi connectivity index (χ3v) is 7.40. The van der Waals surface area contributed by atoms with Crippen LogP contribution >= 0.6 is 11.3 Å². The molecule has 0 spiro atoms. The van der Waals surface area contributed by atoms with Crippen molar-refractivity contribution in [3.63, 3.8) is 0 Å². The standard InChI is InChI=1S/C30H25FN6O4S/c1-17(29(33)40)37(22-9-6-20(31)7-10-22)30-36-28(32)27(42-30)26(39)18-4-11-23(12-5-18)41-16-25(38)35-21-8-13-24-19(15-21)3-2-14-34-24/h2-15,17H,16,32H2,1H3,(H2,33,40)(H,35,38)/t17-/m1/s1. The molecule has 0 saturated carbocycles. The van der Waals surface area contributed by atoms with Crippen LogP contribution in [0, 0.1) is 5.82 Å².